The van der Waals surface area contributed by atoms with Gasteiger partial charge >= 0.3 is 0 Å². The van der Waals surface area contributed by atoms with Crippen LogP contribution < -0.4 is 4.74 Å². The van der Waals surface area contributed by atoms with Gasteiger partial charge in [0, 0.05) is 24.0 Å². The third-order valence-corrected chi connectivity index (χ3v) is 7.06. The minimum absolute atomic E-state index is 0.00646. The predicted molar refractivity (Wildman–Crippen MR) is 98.0 cm³/mol. The van der Waals surface area contributed by atoms with Crippen molar-refractivity contribution in [3.8, 4) is 5.75 Å². The molecule has 0 saturated carbocycles. The first-order valence-corrected chi connectivity index (χ1v) is 10.6. The predicted octanol–water partition coefficient (Wildman–Crippen LogP) is 2.67. The van der Waals surface area contributed by atoms with Crippen molar-refractivity contribution in [2.45, 2.75) is 31.9 Å². The van der Waals surface area contributed by atoms with Gasteiger partial charge in [0.1, 0.15) is 5.75 Å². The summed E-state index contributed by atoms with van der Waals surface area (Å²) in [6.07, 6.45) is 0.922. The van der Waals surface area contributed by atoms with Gasteiger partial charge in [0.2, 0.25) is 5.91 Å². The molecule has 0 spiro atoms. The van der Waals surface area contributed by atoms with Crippen molar-refractivity contribution in [3.63, 3.8) is 0 Å². The van der Waals surface area contributed by atoms with E-state index in [2.05, 4.69) is 15.9 Å². The van der Waals surface area contributed by atoms with Crippen LogP contribution in [0.1, 0.15) is 25.8 Å². The van der Waals surface area contributed by atoms with Crippen LogP contribution in [-0.2, 0) is 21.1 Å². The Morgan fingerprint density at radius 2 is 2.04 bits per heavy atom. The number of carbonyl (C=O) groups is 1. The number of rotatable bonds is 7. The highest BCUT2D eigenvalue weighted by Crippen LogP contribution is 2.25. The molecule has 2 rings (SSSR count). The zero-order chi connectivity index (χ0) is 17.9. The highest BCUT2D eigenvalue weighted by molar-refractivity contribution is 9.10. The highest BCUT2D eigenvalue weighted by Gasteiger charge is 2.39. The minimum Gasteiger partial charge on any atom is -0.496 e. The zero-order valence-electron chi connectivity index (χ0n) is 14.3. The number of amides is 1. The second-order valence-corrected chi connectivity index (χ2v) is 9.84. The summed E-state index contributed by atoms with van der Waals surface area (Å²) >= 11 is 3.42. The van der Waals surface area contributed by atoms with E-state index in [1.165, 1.54) is 0 Å². The molecule has 0 unspecified atom stereocenters. The molecule has 1 heterocycles. The highest BCUT2D eigenvalue weighted by atomic mass is 79.9. The van der Waals surface area contributed by atoms with Crippen LogP contribution in [0.25, 0.3) is 0 Å². The Morgan fingerprint density at radius 1 is 1.38 bits per heavy atom. The molecule has 0 radical (unpaired) electrons. The fourth-order valence-corrected chi connectivity index (χ4v) is 5.24. The van der Waals surface area contributed by atoms with Crippen molar-refractivity contribution in [2.75, 3.05) is 26.0 Å². The van der Waals surface area contributed by atoms with Gasteiger partial charge in [-0.15, -0.1) is 0 Å². The molecule has 1 fully saturated rings. The molecule has 1 aliphatic rings. The van der Waals surface area contributed by atoms with Crippen LogP contribution in [0.3, 0.4) is 0 Å². The average molecular weight is 418 g/mol. The first-order chi connectivity index (χ1) is 11.2. The second kappa shape index (κ2) is 7.87. The van der Waals surface area contributed by atoms with Crippen LogP contribution >= 0.6 is 15.9 Å². The van der Waals surface area contributed by atoms with E-state index >= 15 is 0 Å². The molecule has 134 valence electrons. The number of benzene rings is 1. The Hall–Kier alpha value is -1.08. The van der Waals surface area contributed by atoms with Crippen molar-refractivity contribution in [1.29, 1.82) is 0 Å². The number of nitrogens with zero attached hydrogens (tertiary/aromatic N) is 1. The summed E-state index contributed by atoms with van der Waals surface area (Å²) in [5, 5.41) is -0.399. The van der Waals surface area contributed by atoms with Gasteiger partial charge in [-0.25, -0.2) is 8.42 Å². The molecule has 0 bridgehead atoms. The van der Waals surface area contributed by atoms with Crippen LogP contribution in [0.15, 0.2) is 22.7 Å². The zero-order valence-corrected chi connectivity index (χ0v) is 16.7. The molecule has 1 amide bonds. The first-order valence-electron chi connectivity index (χ1n) is 8.04. The molecule has 1 aromatic carbocycles. The van der Waals surface area contributed by atoms with Crippen LogP contribution in [0, 0.1) is 5.92 Å². The van der Waals surface area contributed by atoms with E-state index < -0.39 is 15.1 Å². The molecule has 5 nitrogen and oxygen atoms in total. The molecule has 7 heteroatoms. The van der Waals surface area contributed by atoms with Crippen molar-refractivity contribution in [1.82, 2.24) is 4.90 Å². The van der Waals surface area contributed by atoms with Crippen LogP contribution in [0.5, 0.6) is 5.75 Å². The van der Waals surface area contributed by atoms with E-state index in [0.717, 1.165) is 15.8 Å². The largest absolute Gasteiger partial charge is 0.496 e. The number of sulfone groups is 1. The Bertz CT molecular complexity index is 697. The van der Waals surface area contributed by atoms with Crippen molar-refractivity contribution < 1.29 is 17.9 Å². The maximum absolute atomic E-state index is 12.3. The molecule has 0 aliphatic carbocycles. The van der Waals surface area contributed by atoms with Gasteiger partial charge in [-0.05, 0) is 36.1 Å². The van der Waals surface area contributed by atoms with E-state index in [-0.39, 0.29) is 17.6 Å². The van der Waals surface area contributed by atoms with Gasteiger partial charge in [0.05, 0.1) is 18.1 Å². The second-order valence-electron chi connectivity index (χ2n) is 6.60. The number of likely N-dealkylation sites (tertiary alicyclic amines) is 1. The number of methoxy groups -OCH3 is 1. The fraction of sp³-hybridized carbons (Fsp3) is 0.588. The average Bonchev–Trinajstić information content (AvgIpc) is 2.41. The topological polar surface area (TPSA) is 63.7 Å². The number of halogens is 1. The third-order valence-electron chi connectivity index (χ3n) is 4.12. The third kappa shape index (κ3) is 4.72. The van der Waals surface area contributed by atoms with Crippen molar-refractivity contribution >= 4 is 31.7 Å². The van der Waals surface area contributed by atoms with Gasteiger partial charge in [0.15, 0.2) is 9.84 Å². The summed E-state index contributed by atoms with van der Waals surface area (Å²) in [6.45, 7) is 4.43. The summed E-state index contributed by atoms with van der Waals surface area (Å²) < 4.78 is 30.5. The molecule has 1 saturated heterocycles. The standard InChI is InChI=1S/C17H24BrNO4S/c1-12(2)11-24(21,22)15-9-19(10-15)17(20)7-4-13-8-14(18)5-6-16(13)23-3/h5-6,8,12,15H,4,7,9-11H2,1-3H3. The molecule has 0 aromatic heterocycles. The van der Waals surface area contributed by atoms with Crippen LogP contribution in [0.4, 0.5) is 0 Å². The van der Waals surface area contributed by atoms with Gasteiger partial charge < -0.3 is 9.64 Å². The minimum atomic E-state index is -3.09. The monoisotopic (exact) mass is 417 g/mol. The molecule has 0 atom stereocenters. The van der Waals surface area contributed by atoms with Gasteiger partial charge in [-0.2, -0.15) is 0 Å². The SMILES string of the molecule is COc1ccc(Br)cc1CCC(=O)N1CC(S(=O)(=O)CC(C)C)C1. The lowest BCUT2D eigenvalue weighted by atomic mass is 10.1. The van der Waals surface area contributed by atoms with Crippen LogP contribution in [-0.4, -0.2) is 50.4 Å². The number of carbonyl (C=O) groups excluding carboxylic acids is 1. The van der Waals surface area contributed by atoms with Gasteiger partial charge in [0.25, 0.3) is 0 Å². The summed E-state index contributed by atoms with van der Waals surface area (Å²) in [6, 6.07) is 5.70. The summed E-state index contributed by atoms with van der Waals surface area (Å²) in [7, 11) is -1.49. The molecule has 0 N–H and O–H groups in total. The lowest BCUT2D eigenvalue weighted by Gasteiger charge is -2.39. The first kappa shape index (κ1) is 19.2. The molecule has 1 aliphatic heterocycles. The Labute approximate surface area is 152 Å². The van der Waals surface area contributed by atoms with E-state index in [0.29, 0.717) is 25.9 Å². The van der Waals surface area contributed by atoms with Crippen molar-refractivity contribution in [3.05, 3.63) is 28.2 Å². The Kier molecular flexibility index (Phi) is 6.31. The number of aryl methyl sites for hydroxylation is 1. The maximum Gasteiger partial charge on any atom is 0.222 e. The van der Waals surface area contributed by atoms with Crippen LogP contribution in [0.2, 0.25) is 0 Å². The molecular formula is C17H24BrNO4S. The molecular weight excluding hydrogens is 394 g/mol. The normalized spacial score (nSPS) is 15.5. The van der Waals surface area contributed by atoms with E-state index in [1.54, 1.807) is 12.0 Å². The Balaban J connectivity index is 1.87. The molecule has 1 aromatic rings. The maximum atomic E-state index is 12.3. The summed E-state index contributed by atoms with van der Waals surface area (Å²) in [5.74, 6) is 1.05. The van der Waals surface area contributed by atoms with Gasteiger partial charge in [-0.1, -0.05) is 29.8 Å². The van der Waals surface area contributed by atoms with E-state index in [4.69, 9.17) is 4.74 Å². The summed E-state index contributed by atoms with van der Waals surface area (Å²) in [5.41, 5.74) is 0.963. The van der Waals surface area contributed by atoms with E-state index in [1.807, 2.05) is 32.0 Å². The smallest absolute Gasteiger partial charge is 0.222 e. The quantitative estimate of drug-likeness (QED) is 0.683. The summed E-state index contributed by atoms with van der Waals surface area (Å²) in [4.78, 5) is 13.9. The number of hydrogen-bond acceptors (Lipinski definition) is 4. The molecule has 24 heavy (non-hydrogen) atoms. The lowest BCUT2D eigenvalue weighted by molar-refractivity contribution is -0.134. The van der Waals surface area contributed by atoms with E-state index in [9.17, 15) is 13.2 Å². The van der Waals surface area contributed by atoms with Gasteiger partial charge in [-0.3, -0.25) is 4.79 Å². The fourth-order valence-electron chi connectivity index (χ4n) is 2.81. The Morgan fingerprint density at radius 3 is 2.62 bits per heavy atom. The lowest BCUT2D eigenvalue weighted by Crippen LogP contribution is -2.57. The number of ether oxygens (including phenoxy) is 1. The van der Waals surface area contributed by atoms with Crippen molar-refractivity contribution in [2.24, 2.45) is 5.92 Å². The number of hydrogen-bond donors (Lipinski definition) is 0.